The normalized spacial score (nSPS) is 18.2. The first kappa shape index (κ1) is 12.8. The van der Waals surface area contributed by atoms with Crippen LogP contribution in [0.3, 0.4) is 0 Å². The molecule has 0 aliphatic carbocycles. The molecule has 0 radical (unpaired) electrons. The van der Waals surface area contributed by atoms with Gasteiger partial charge in [0, 0.05) is 18.7 Å². The first-order valence-corrected chi connectivity index (χ1v) is 6.42. The maximum Gasteiger partial charge on any atom is 0.345 e. The van der Waals surface area contributed by atoms with Crippen molar-refractivity contribution in [1.29, 1.82) is 0 Å². The number of aryl methyl sites for hydroxylation is 1. The van der Waals surface area contributed by atoms with Crippen molar-refractivity contribution in [2.24, 2.45) is 0 Å². The van der Waals surface area contributed by atoms with E-state index in [1.54, 1.807) is 4.57 Å². The summed E-state index contributed by atoms with van der Waals surface area (Å²) in [7, 11) is 0. The van der Waals surface area contributed by atoms with Gasteiger partial charge in [-0.25, -0.2) is 9.78 Å². The quantitative estimate of drug-likeness (QED) is 0.766. The van der Waals surface area contributed by atoms with Gasteiger partial charge in [-0.3, -0.25) is 9.36 Å². The van der Waals surface area contributed by atoms with Crippen LogP contribution < -0.4 is 5.56 Å². The Hall–Kier alpha value is -1.65. The molecule has 18 heavy (non-hydrogen) atoms. The molecule has 98 valence electrons. The van der Waals surface area contributed by atoms with Crippen molar-refractivity contribution >= 4 is 5.97 Å². The smallest absolute Gasteiger partial charge is 0.345 e. The maximum atomic E-state index is 12.3. The van der Waals surface area contributed by atoms with E-state index in [4.69, 9.17) is 4.74 Å². The highest BCUT2D eigenvalue weighted by atomic mass is 16.5. The van der Waals surface area contributed by atoms with E-state index >= 15 is 0 Å². The van der Waals surface area contributed by atoms with Crippen LogP contribution in [0.4, 0.5) is 0 Å². The van der Waals surface area contributed by atoms with Crippen LogP contribution in [0.25, 0.3) is 0 Å². The summed E-state index contributed by atoms with van der Waals surface area (Å²) in [5.74, 6) is 0.202. The second-order valence-electron chi connectivity index (χ2n) is 4.64. The molecular formula is C13H18N2O3. The van der Waals surface area contributed by atoms with Crippen molar-refractivity contribution in [2.75, 3.05) is 6.61 Å². The van der Waals surface area contributed by atoms with Crippen molar-refractivity contribution in [3.05, 3.63) is 27.9 Å². The summed E-state index contributed by atoms with van der Waals surface area (Å²) < 4.78 is 6.62. The van der Waals surface area contributed by atoms with Crippen molar-refractivity contribution < 1.29 is 9.53 Å². The van der Waals surface area contributed by atoms with Crippen LogP contribution in [-0.4, -0.2) is 22.1 Å². The average Bonchev–Trinajstić information content (AvgIpc) is 2.36. The summed E-state index contributed by atoms with van der Waals surface area (Å²) in [5.41, 5.74) is -0.228. The number of fused-ring (bicyclic) bond motifs is 1. The second kappa shape index (κ2) is 5.33. The minimum absolute atomic E-state index is 0.0425. The monoisotopic (exact) mass is 250 g/mol. The van der Waals surface area contributed by atoms with Gasteiger partial charge in [-0.2, -0.15) is 0 Å². The Balaban J connectivity index is 2.37. The molecule has 0 bridgehead atoms. The van der Waals surface area contributed by atoms with E-state index in [1.165, 1.54) is 6.20 Å². The van der Waals surface area contributed by atoms with Crippen LogP contribution in [0.15, 0.2) is 11.0 Å². The highest BCUT2D eigenvalue weighted by molar-refractivity contribution is 5.88. The fourth-order valence-electron chi connectivity index (χ4n) is 2.24. The van der Waals surface area contributed by atoms with Gasteiger partial charge in [0.25, 0.3) is 5.56 Å². The van der Waals surface area contributed by atoms with Crippen LogP contribution >= 0.6 is 0 Å². The molecular weight excluding hydrogens is 232 g/mol. The van der Waals surface area contributed by atoms with Gasteiger partial charge in [-0.05, 0) is 26.2 Å². The second-order valence-corrected chi connectivity index (χ2v) is 4.64. The molecule has 1 aliphatic heterocycles. The third-order valence-electron chi connectivity index (χ3n) is 3.19. The zero-order valence-electron chi connectivity index (χ0n) is 10.8. The van der Waals surface area contributed by atoms with E-state index in [0.717, 1.165) is 31.5 Å². The van der Waals surface area contributed by atoms with Gasteiger partial charge in [-0.1, -0.05) is 6.92 Å². The number of carbonyl (C=O) groups is 1. The molecule has 2 rings (SSSR count). The van der Waals surface area contributed by atoms with Crippen LogP contribution in [0.2, 0.25) is 0 Å². The van der Waals surface area contributed by atoms with Crippen LogP contribution in [-0.2, 0) is 11.2 Å². The summed E-state index contributed by atoms with van der Waals surface area (Å²) in [6, 6.07) is 0.104. The van der Waals surface area contributed by atoms with Crippen LogP contribution in [0.5, 0.6) is 0 Å². The fraction of sp³-hybridized carbons (Fsp3) is 0.615. The zero-order valence-corrected chi connectivity index (χ0v) is 10.8. The minimum atomic E-state index is -0.567. The molecule has 1 aliphatic rings. The largest absolute Gasteiger partial charge is 0.462 e. The van der Waals surface area contributed by atoms with Crippen LogP contribution in [0.1, 0.15) is 55.3 Å². The lowest BCUT2D eigenvalue weighted by Gasteiger charge is -2.24. The Labute approximate surface area is 106 Å². The molecule has 0 saturated heterocycles. The summed E-state index contributed by atoms with van der Waals surface area (Å²) in [6.07, 6.45) is 4.87. The van der Waals surface area contributed by atoms with Crippen molar-refractivity contribution in [1.82, 2.24) is 9.55 Å². The molecule has 0 N–H and O–H groups in total. The molecule has 5 heteroatoms. The molecule has 5 nitrogen and oxygen atoms in total. The van der Waals surface area contributed by atoms with Gasteiger partial charge >= 0.3 is 5.97 Å². The number of rotatable bonds is 3. The number of aromatic nitrogens is 2. The average molecular weight is 250 g/mol. The molecule has 1 aromatic rings. The molecule has 0 fully saturated rings. The number of esters is 1. The Morgan fingerprint density at radius 2 is 2.39 bits per heavy atom. The third kappa shape index (κ3) is 2.30. The minimum Gasteiger partial charge on any atom is -0.462 e. The van der Waals surface area contributed by atoms with Gasteiger partial charge in [0.2, 0.25) is 0 Å². The van der Waals surface area contributed by atoms with Gasteiger partial charge in [0.1, 0.15) is 11.4 Å². The first-order chi connectivity index (χ1) is 8.65. The lowest BCUT2D eigenvalue weighted by atomic mass is 10.1. The Kier molecular flexibility index (Phi) is 3.79. The van der Waals surface area contributed by atoms with Crippen molar-refractivity contribution in [2.45, 2.75) is 45.6 Å². The Morgan fingerprint density at radius 1 is 1.61 bits per heavy atom. The van der Waals surface area contributed by atoms with Gasteiger partial charge < -0.3 is 4.74 Å². The summed E-state index contributed by atoms with van der Waals surface area (Å²) >= 11 is 0. The molecule has 0 aromatic carbocycles. The van der Waals surface area contributed by atoms with Crippen LogP contribution in [0, 0.1) is 0 Å². The van der Waals surface area contributed by atoms with E-state index in [1.807, 2.05) is 13.8 Å². The van der Waals surface area contributed by atoms with Crippen molar-refractivity contribution in [3.8, 4) is 0 Å². The summed E-state index contributed by atoms with van der Waals surface area (Å²) in [6.45, 7) is 4.22. The Bertz CT molecular complexity index is 507. The van der Waals surface area contributed by atoms with Gasteiger partial charge in [0.05, 0.1) is 6.61 Å². The first-order valence-electron chi connectivity index (χ1n) is 6.42. The standard InChI is InChI=1S/C13H18N2O3/c1-3-7-18-13(17)10-8-14-11-6-4-5-9(2)15(11)12(10)16/h8-9H,3-7H2,1-2H3. The van der Waals surface area contributed by atoms with E-state index < -0.39 is 5.97 Å². The number of carbonyl (C=O) groups excluding carboxylic acids is 1. The van der Waals surface area contributed by atoms with E-state index in [2.05, 4.69) is 4.98 Å². The summed E-state index contributed by atoms with van der Waals surface area (Å²) in [5, 5.41) is 0. The fourth-order valence-corrected chi connectivity index (χ4v) is 2.24. The van der Waals surface area contributed by atoms with E-state index in [9.17, 15) is 9.59 Å². The molecule has 1 unspecified atom stereocenters. The topological polar surface area (TPSA) is 61.2 Å². The lowest BCUT2D eigenvalue weighted by molar-refractivity contribution is 0.0501. The van der Waals surface area contributed by atoms with Crippen molar-refractivity contribution in [3.63, 3.8) is 0 Å². The molecule has 1 aromatic heterocycles. The van der Waals surface area contributed by atoms with E-state index in [-0.39, 0.29) is 17.2 Å². The highest BCUT2D eigenvalue weighted by Crippen LogP contribution is 2.20. The third-order valence-corrected chi connectivity index (χ3v) is 3.19. The zero-order chi connectivity index (χ0) is 13.1. The number of ether oxygens (including phenoxy) is 1. The maximum absolute atomic E-state index is 12.3. The number of hydrogen-bond donors (Lipinski definition) is 0. The molecule has 0 spiro atoms. The SMILES string of the molecule is CCCOC(=O)c1cnc2n(c1=O)C(C)CCC2. The highest BCUT2D eigenvalue weighted by Gasteiger charge is 2.22. The van der Waals surface area contributed by atoms with Gasteiger partial charge in [-0.15, -0.1) is 0 Å². The Morgan fingerprint density at radius 3 is 3.11 bits per heavy atom. The summed E-state index contributed by atoms with van der Waals surface area (Å²) in [4.78, 5) is 28.2. The molecule has 1 atom stereocenters. The number of nitrogens with zero attached hydrogens (tertiary/aromatic N) is 2. The molecule has 2 heterocycles. The van der Waals surface area contributed by atoms with Gasteiger partial charge in [0.15, 0.2) is 0 Å². The predicted octanol–water partition coefficient (Wildman–Crippen LogP) is 1.71. The molecule has 0 saturated carbocycles. The predicted molar refractivity (Wildman–Crippen MR) is 66.7 cm³/mol. The molecule has 0 amide bonds. The number of hydrogen-bond acceptors (Lipinski definition) is 4. The van der Waals surface area contributed by atoms with E-state index in [0.29, 0.717) is 6.61 Å². The lowest BCUT2D eigenvalue weighted by Crippen LogP contribution is -2.34.